The zero-order valence-corrected chi connectivity index (χ0v) is 33.7. The number of hydrogen-bond acceptors (Lipinski definition) is 9. The fraction of sp³-hybridized carbons (Fsp3) is 0.415. The third kappa shape index (κ3) is 11.7. The number of fused-ring (bicyclic) bond motifs is 1. The van der Waals surface area contributed by atoms with Crippen LogP contribution in [0.25, 0.3) is 11.6 Å². The third-order valence-electron chi connectivity index (χ3n) is 9.76. The monoisotopic (exact) mass is 803 g/mol. The van der Waals surface area contributed by atoms with Gasteiger partial charge in [-0.3, -0.25) is 24.0 Å². The third-order valence-corrected chi connectivity index (χ3v) is 9.76. The number of benzene rings is 2. The molecule has 2 heterocycles. The molecular formula is C41H54FN9O7. The van der Waals surface area contributed by atoms with E-state index in [0.717, 1.165) is 29.6 Å². The van der Waals surface area contributed by atoms with Crippen molar-refractivity contribution < 1.29 is 37.9 Å². The second kappa shape index (κ2) is 21.5. The number of aryl methyl sites for hydroxylation is 1. The van der Waals surface area contributed by atoms with Crippen LogP contribution in [-0.4, -0.2) is 104 Å². The number of ether oxygens (including phenoxy) is 1. The van der Waals surface area contributed by atoms with Gasteiger partial charge in [0.05, 0.1) is 23.9 Å². The van der Waals surface area contributed by atoms with Crippen LogP contribution in [0.2, 0.25) is 0 Å². The molecule has 7 amide bonds. The van der Waals surface area contributed by atoms with Crippen LogP contribution in [-0.2, 0) is 25.7 Å². The number of nitrogens with one attached hydrogen (secondary N) is 6. The number of rotatable bonds is 20. The number of imide groups is 1. The average Bonchev–Trinajstić information content (AvgIpc) is 3.65. The van der Waals surface area contributed by atoms with E-state index in [1.165, 1.54) is 18.2 Å². The Bertz CT molecular complexity index is 1990. The topological polar surface area (TPSA) is 220 Å². The molecule has 1 aromatic heterocycles. The molecule has 312 valence electrons. The van der Waals surface area contributed by atoms with Crippen molar-refractivity contribution in [3.63, 3.8) is 0 Å². The fourth-order valence-corrected chi connectivity index (χ4v) is 6.49. The Labute approximate surface area is 337 Å². The highest BCUT2D eigenvalue weighted by Crippen LogP contribution is 2.39. The number of aromatic amines is 1. The minimum absolute atomic E-state index is 0.0164. The predicted octanol–water partition coefficient (Wildman–Crippen LogP) is 2.49. The maximum atomic E-state index is 14.5. The minimum Gasteiger partial charge on any atom is -0.497 e. The molecule has 3 aromatic rings. The molecule has 8 N–H and O–H groups in total. The van der Waals surface area contributed by atoms with Crippen LogP contribution in [0.15, 0.2) is 42.5 Å². The normalized spacial score (nSPS) is 13.3. The number of nitrogens with zero attached hydrogens (tertiary/aromatic N) is 2. The van der Waals surface area contributed by atoms with Crippen molar-refractivity contribution in [1.29, 1.82) is 0 Å². The van der Waals surface area contributed by atoms with Gasteiger partial charge in [0.25, 0.3) is 11.8 Å². The van der Waals surface area contributed by atoms with Gasteiger partial charge >= 0.3 is 6.03 Å². The van der Waals surface area contributed by atoms with E-state index >= 15 is 0 Å². The largest absolute Gasteiger partial charge is 0.497 e. The molecule has 1 unspecified atom stereocenters. The van der Waals surface area contributed by atoms with Crippen molar-refractivity contribution in [2.75, 3.05) is 57.8 Å². The van der Waals surface area contributed by atoms with Crippen molar-refractivity contribution in [2.45, 2.75) is 59.5 Å². The molecule has 1 aliphatic heterocycles. The molecule has 0 saturated heterocycles. The van der Waals surface area contributed by atoms with Crippen molar-refractivity contribution in [2.24, 2.45) is 5.73 Å². The number of methoxy groups -OCH3 is 1. The van der Waals surface area contributed by atoms with E-state index in [4.69, 9.17) is 10.5 Å². The van der Waals surface area contributed by atoms with Gasteiger partial charge in [-0.15, -0.1) is 0 Å². The van der Waals surface area contributed by atoms with E-state index in [1.54, 1.807) is 33.1 Å². The zero-order chi connectivity index (χ0) is 42.4. The van der Waals surface area contributed by atoms with E-state index in [1.807, 2.05) is 12.1 Å². The Balaban J connectivity index is 1.28. The van der Waals surface area contributed by atoms with Crippen LogP contribution in [0, 0.1) is 19.7 Å². The van der Waals surface area contributed by atoms with Gasteiger partial charge in [-0.1, -0.05) is 26.0 Å². The van der Waals surface area contributed by atoms with Gasteiger partial charge in [0.2, 0.25) is 17.7 Å². The number of carbonyl (C=O) groups excluding carboxylic acids is 6. The molecule has 58 heavy (non-hydrogen) atoms. The van der Waals surface area contributed by atoms with Crippen molar-refractivity contribution in [1.82, 2.24) is 36.5 Å². The first-order valence-electron chi connectivity index (χ1n) is 19.3. The molecule has 4 rings (SSSR count). The number of hydrogen-bond donors (Lipinski definition) is 7. The number of halogens is 1. The van der Waals surface area contributed by atoms with Gasteiger partial charge in [0.1, 0.15) is 17.6 Å². The smallest absolute Gasteiger partial charge is 0.329 e. The molecule has 2 aromatic carbocycles. The Morgan fingerprint density at radius 3 is 2.29 bits per heavy atom. The van der Waals surface area contributed by atoms with Crippen molar-refractivity contribution >= 4 is 52.9 Å². The Hall–Kier alpha value is -6.07. The molecule has 0 aliphatic carbocycles. The number of nitrogens with two attached hydrogens (primary N) is 1. The van der Waals surface area contributed by atoms with Gasteiger partial charge < -0.3 is 46.9 Å². The molecule has 0 spiro atoms. The van der Waals surface area contributed by atoms with E-state index in [-0.39, 0.29) is 68.2 Å². The summed E-state index contributed by atoms with van der Waals surface area (Å²) in [4.78, 5) is 84.3. The minimum atomic E-state index is -0.883. The summed E-state index contributed by atoms with van der Waals surface area (Å²) in [5.41, 5.74) is 9.01. The van der Waals surface area contributed by atoms with Crippen LogP contribution in [0.4, 0.5) is 14.9 Å². The number of H-pyrrole nitrogens is 1. The maximum absolute atomic E-state index is 14.5. The van der Waals surface area contributed by atoms with Crippen LogP contribution in [0.5, 0.6) is 5.75 Å². The van der Waals surface area contributed by atoms with Gasteiger partial charge in [-0.2, -0.15) is 0 Å². The van der Waals surface area contributed by atoms with Crippen LogP contribution < -0.4 is 42.0 Å². The van der Waals surface area contributed by atoms with Gasteiger partial charge in [-0.05, 0) is 87.4 Å². The summed E-state index contributed by atoms with van der Waals surface area (Å²) >= 11 is 0. The van der Waals surface area contributed by atoms with Gasteiger partial charge in [-0.25, -0.2) is 14.1 Å². The number of likely N-dealkylation sites (N-methyl/N-ethyl adjacent to an activating group) is 1. The number of aromatic nitrogens is 1. The van der Waals surface area contributed by atoms with Crippen molar-refractivity contribution in [3.05, 3.63) is 81.9 Å². The lowest BCUT2D eigenvalue weighted by atomic mass is 10.0. The highest BCUT2D eigenvalue weighted by atomic mass is 19.1. The van der Waals surface area contributed by atoms with E-state index in [9.17, 15) is 33.2 Å². The second-order valence-corrected chi connectivity index (χ2v) is 13.7. The van der Waals surface area contributed by atoms with E-state index in [2.05, 4.69) is 50.3 Å². The van der Waals surface area contributed by atoms with E-state index in [0.29, 0.717) is 41.4 Å². The quantitative estimate of drug-likeness (QED) is 0.0658. The zero-order valence-electron chi connectivity index (χ0n) is 33.7. The number of anilines is 1. The number of carbonyl (C=O) groups is 6. The SMILES string of the molecule is CCN(CC)CCNC(=O)c1c(C)[nH]c(/C=C2\C(=O)N(C(=O)NCCNC(=O)CCC(=O)NC(CCN)C(=O)NCc3ccc(OC)cc3)c3ccc(F)cc32)c1C. The van der Waals surface area contributed by atoms with Crippen LogP contribution in [0.1, 0.15) is 71.5 Å². The first-order valence-corrected chi connectivity index (χ1v) is 19.3. The maximum Gasteiger partial charge on any atom is 0.329 e. The molecule has 0 saturated carbocycles. The number of amides is 7. The van der Waals surface area contributed by atoms with Crippen LogP contribution >= 0.6 is 0 Å². The predicted molar refractivity (Wildman–Crippen MR) is 218 cm³/mol. The summed E-state index contributed by atoms with van der Waals surface area (Å²) in [7, 11) is 1.56. The Morgan fingerprint density at radius 1 is 0.931 bits per heavy atom. The molecular weight excluding hydrogens is 750 g/mol. The molecule has 0 bridgehead atoms. The standard InChI is InChI=1S/C41H54FN9O7/c1-6-50(7-2)21-20-45-39(55)37-25(3)33(48-26(37)4)23-31-30-22-28(42)10-13-34(30)51(40(31)56)41(57)46-19-18-44-35(52)14-15-36(53)49-32(16-17-43)38(54)47-24-27-8-11-29(58-5)12-9-27/h8-13,22-23,32,48H,6-7,14-21,24,43H2,1-5H3,(H,44,52)(H,45,55)(H,46,57)(H,47,54)(H,49,53)/b31-23-. The lowest BCUT2D eigenvalue weighted by molar-refractivity contribution is -0.130. The summed E-state index contributed by atoms with van der Waals surface area (Å²) < 4.78 is 19.6. The first kappa shape index (κ1) is 44.6. The lowest BCUT2D eigenvalue weighted by Gasteiger charge is -2.18. The number of urea groups is 1. The van der Waals surface area contributed by atoms with Gasteiger partial charge in [0.15, 0.2) is 0 Å². The summed E-state index contributed by atoms with van der Waals surface area (Å²) in [5, 5.41) is 13.6. The van der Waals surface area contributed by atoms with Crippen LogP contribution in [0.3, 0.4) is 0 Å². The Morgan fingerprint density at radius 2 is 1.62 bits per heavy atom. The molecule has 0 fully saturated rings. The molecule has 0 radical (unpaired) electrons. The van der Waals surface area contributed by atoms with Gasteiger partial charge in [0, 0.05) is 62.5 Å². The highest BCUT2D eigenvalue weighted by Gasteiger charge is 2.37. The highest BCUT2D eigenvalue weighted by molar-refractivity contribution is 6.42. The molecule has 1 aliphatic rings. The first-order chi connectivity index (χ1) is 27.8. The fourth-order valence-electron chi connectivity index (χ4n) is 6.49. The van der Waals surface area contributed by atoms with Crippen molar-refractivity contribution in [3.8, 4) is 5.75 Å². The average molecular weight is 804 g/mol. The molecule has 17 heteroatoms. The molecule has 16 nitrogen and oxygen atoms in total. The second-order valence-electron chi connectivity index (χ2n) is 13.7. The molecule has 1 atom stereocenters. The summed E-state index contributed by atoms with van der Waals surface area (Å²) in [6.45, 7) is 10.8. The summed E-state index contributed by atoms with van der Waals surface area (Å²) in [5.74, 6) is -2.28. The lowest BCUT2D eigenvalue weighted by Crippen LogP contribution is -2.47. The van der Waals surface area contributed by atoms with E-state index < -0.39 is 41.5 Å². The summed E-state index contributed by atoms with van der Waals surface area (Å²) in [6, 6.07) is 9.13. The summed E-state index contributed by atoms with van der Waals surface area (Å²) in [6.07, 6.45) is 1.33. The Kier molecular flexibility index (Phi) is 16.5.